The van der Waals surface area contributed by atoms with Crippen LogP contribution in [0.1, 0.15) is 42.8 Å². The second-order valence-corrected chi connectivity index (χ2v) is 9.35. The standard InChI is InChI=1S/C21H30N4O2/c1-14-23-10-15-3-9-26-20(19(15)24-14)5-7-25(8-6-20)12-16-17-11-22-13-21(17)4-2-18(16)27-21/h10,16-18,22H,2-9,11-13H2,1H3/t16-,17-,18-,21-/m1/s1. The van der Waals surface area contributed by atoms with Crippen LogP contribution in [0.4, 0.5) is 0 Å². The highest BCUT2D eigenvalue weighted by Gasteiger charge is 2.61. The zero-order valence-corrected chi connectivity index (χ0v) is 16.2. The van der Waals surface area contributed by atoms with Gasteiger partial charge >= 0.3 is 0 Å². The number of likely N-dealkylation sites (tertiary alicyclic amines) is 1. The molecule has 1 N–H and O–H groups in total. The maximum Gasteiger partial charge on any atom is 0.125 e. The molecule has 6 rings (SSSR count). The van der Waals surface area contributed by atoms with Crippen molar-refractivity contribution in [1.82, 2.24) is 20.2 Å². The van der Waals surface area contributed by atoms with E-state index in [0.717, 1.165) is 57.9 Å². The van der Waals surface area contributed by atoms with Crippen LogP contribution >= 0.6 is 0 Å². The summed E-state index contributed by atoms with van der Waals surface area (Å²) in [4.78, 5) is 11.9. The molecule has 6 nitrogen and oxygen atoms in total. The highest BCUT2D eigenvalue weighted by atomic mass is 16.5. The van der Waals surface area contributed by atoms with Crippen LogP contribution in [0.25, 0.3) is 0 Å². The van der Waals surface area contributed by atoms with Crippen LogP contribution < -0.4 is 5.32 Å². The van der Waals surface area contributed by atoms with Gasteiger partial charge in [0, 0.05) is 50.8 Å². The average Bonchev–Trinajstić information content (AvgIpc) is 3.36. The zero-order chi connectivity index (χ0) is 18.1. The molecule has 4 saturated heterocycles. The molecule has 0 unspecified atom stereocenters. The second kappa shape index (κ2) is 5.96. The average molecular weight is 370 g/mol. The smallest absolute Gasteiger partial charge is 0.125 e. The number of rotatable bonds is 2. The van der Waals surface area contributed by atoms with Gasteiger partial charge in [-0.25, -0.2) is 9.97 Å². The summed E-state index contributed by atoms with van der Waals surface area (Å²) in [5.41, 5.74) is 2.45. The molecule has 1 aromatic rings. The Kier molecular flexibility index (Phi) is 3.72. The van der Waals surface area contributed by atoms with Crippen LogP contribution in [0.5, 0.6) is 0 Å². The van der Waals surface area contributed by atoms with Crippen molar-refractivity contribution in [2.45, 2.75) is 56.3 Å². The fourth-order valence-corrected chi connectivity index (χ4v) is 6.59. The van der Waals surface area contributed by atoms with Crippen molar-refractivity contribution >= 4 is 0 Å². The molecule has 0 saturated carbocycles. The number of nitrogens with one attached hydrogen (secondary N) is 1. The molecule has 2 bridgehead atoms. The minimum absolute atomic E-state index is 0.173. The van der Waals surface area contributed by atoms with Crippen LogP contribution in [0.15, 0.2) is 6.20 Å². The van der Waals surface area contributed by atoms with Gasteiger partial charge in [0.1, 0.15) is 11.4 Å². The third-order valence-electron chi connectivity index (χ3n) is 8.00. The number of aromatic nitrogens is 2. The quantitative estimate of drug-likeness (QED) is 0.850. The lowest BCUT2D eigenvalue weighted by molar-refractivity contribution is -0.103. The molecule has 6 heteroatoms. The summed E-state index contributed by atoms with van der Waals surface area (Å²) in [5.74, 6) is 2.28. The molecule has 0 radical (unpaired) electrons. The molecule has 27 heavy (non-hydrogen) atoms. The van der Waals surface area contributed by atoms with Crippen LogP contribution in [0, 0.1) is 18.8 Å². The summed E-state index contributed by atoms with van der Waals surface area (Å²) in [6.45, 7) is 8.37. The fraction of sp³-hybridized carbons (Fsp3) is 0.810. The lowest BCUT2D eigenvalue weighted by Crippen LogP contribution is -2.50. The third kappa shape index (κ3) is 2.46. The van der Waals surface area contributed by atoms with Crippen LogP contribution in [-0.4, -0.2) is 65.9 Å². The van der Waals surface area contributed by atoms with E-state index in [4.69, 9.17) is 14.5 Å². The highest BCUT2D eigenvalue weighted by molar-refractivity contribution is 5.27. The number of piperidine rings is 1. The number of hydrogen-bond acceptors (Lipinski definition) is 6. The van der Waals surface area contributed by atoms with E-state index >= 15 is 0 Å². The zero-order valence-electron chi connectivity index (χ0n) is 16.2. The van der Waals surface area contributed by atoms with Crippen LogP contribution in [0.3, 0.4) is 0 Å². The van der Waals surface area contributed by atoms with Crippen LogP contribution in [-0.2, 0) is 21.5 Å². The van der Waals surface area contributed by atoms with E-state index in [-0.39, 0.29) is 11.2 Å². The molecule has 0 amide bonds. The molecule has 1 aromatic heterocycles. The number of nitrogens with zero attached hydrogens (tertiary/aromatic N) is 3. The van der Waals surface area contributed by atoms with E-state index in [1.165, 1.54) is 30.6 Å². The molecular formula is C21H30N4O2. The number of ether oxygens (including phenoxy) is 2. The van der Waals surface area contributed by atoms with Gasteiger partial charge in [0.25, 0.3) is 0 Å². The van der Waals surface area contributed by atoms with Gasteiger partial charge in [0.15, 0.2) is 0 Å². The van der Waals surface area contributed by atoms with Gasteiger partial charge in [-0.2, -0.15) is 0 Å². The lowest BCUT2D eigenvalue weighted by atomic mass is 9.73. The molecule has 0 aromatic carbocycles. The monoisotopic (exact) mass is 370 g/mol. The first kappa shape index (κ1) is 16.8. The Labute approximate surface area is 161 Å². The minimum atomic E-state index is -0.181. The Bertz CT molecular complexity index is 744. The first-order chi connectivity index (χ1) is 13.2. The van der Waals surface area contributed by atoms with Gasteiger partial charge in [-0.3, -0.25) is 0 Å². The fourth-order valence-electron chi connectivity index (χ4n) is 6.59. The molecule has 5 aliphatic heterocycles. The van der Waals surface area contributed by atoms with Gasteiger partial charge < -0.3 is 19.7 Å². The Morgan fingerprint density at radius 3 is 3.07 bits per heavy atom. The summed E-state index contributed by atoms with van der Waals surface area (Å²) in [6, 6.07) is 0. The van der Waals surface area contributed by atoms with Gasteiger partial charge in [-0.1, -0.05) is 0 Å². The summed E-state index contributed by atoms with van der Waals surface area (Å²) >= 11 is 0. The van der Waals surface area contributed by atoms with E-state index in [9.17, 15) is 0 Å². The van der Waals surface area contributed by atoms with E-state index in [1.807, 2.05) is 13.1 Å². The Hall–Kier alpha value is -1.08. The topological polar surface area (TPSA) is 59.5 Å². The summed E-state index contributed by atoms with van der Waals surface area (Å²) in [5, 5.41) is 3.60. The molecule has 6 heterocycles. The van der Waals surface area contributed by atoms with Crippen molar-refractivity contribution in [2.75, 3.05) is 39.3 Å². The molecule has 2 spiro atoms. The van der Waals surface area contributed by atoms with E-state index in [2.05, 4.69) is 15.2 Å². The van der Waals surface area contributed by atoms with Gasteiger partial charge in [0.2, 0.25) is 0 Å². The predicted molar refractivity (Wildman–Crippen MR) is 100 cm³/mol. The van der Waals surface area contributed by atoms with E-state index < -0.39 is 0 Å². The van der Waals surface area contributed by atoms with Crippen molar-refractivity contribution < 1.29 is 9.47 Å². The van der Waals surface area contributed by atoms with Crippen LogP contribution in [0.2, 0.25) is 0 Å². The summed E-state index contributed by atoms with van der Waals surface area (Å²) < 4.78 is 12.8. The molecule has 4 atom stereocenters. The van der Waals surface area contributed by atoms with Crippen molar-refractivity contribution in [1.29, 1.82) is 0 Å². The molecule has 146 valence electrons. The van der Waals surface area contributed by atoms with E-state index in [0.29, 0.717) is 17.9 Å². The predicted octanol–water partition coefficient (Wildman–Crippen LogP) is 1.42. The maximum atomic E-state index is 6.48. The first-order valence-corrected chi connectivity index (χ1v) is 10.8. The van der Waals surface area contributed by atoms with Crippen molar-refractivity contribution in [3.05, 3.63) is 23.3 Å². The SMILES string of the molecule is Cc1ncc2c(n1)C1(CCN(C[C@@H]3[C@H]4CNC[C@]45CC[C@H]3O5)CC1)OCC2. The van der Waals surface area contributed by atoms with Gasteiger partial charge in [-0.05, 0) is 44.6 Å². The maximum absolute atomic E-state index is 6.48. The Balaban J connectivity index is 1.17. The highest BCUT2D eigenvalue weighted by Crippen LogP contribution is 2.53. The van der Waals surface area contributed by atoms with Gasteiger partial charge in [-0.15, -0.1) is 0 Å². The second-order valence-electron chi connectivity index (χ2n) is 9.35. The number of hydrogen-bond donors (Lipinski definition) is 1. The molecule has 0 aliphatic carbocycles. The van der Waals surface area contributed by atoms with Crippen molar-refractivity contribution in [3.63, 3.8) is 0 Å². The lowest BCUT2D eigenvalue weighted by Gasteiger charge is -2.45. The molecule has 4 fully saturated rings. The normalized spacial score (nSPS) is 39.7. The van der Waals surface area contributed by atoms with Crippen molar-refractivity contribution in [3.8, 4) is 0 Å². The Morgan fingerprint density at radius 1 is 1.30 bits per heavy atom. The number of fused-ring (bicyclic) bond motifs is 3. The third-order valence-corrected chi connectivity index (χ3v) is 8.00. The largest absolute Gasteiger partial charge is 0.370 e. The molecule has 5 aliphatic rings. The van der Waals surface area contributed by atoms with E-state index in [1.54, 1.807) is 0 Å². The molecular weight excluding hydrogens is 340 g/mol. The Morgan fingerprint density at radius 2 is 2.19 bits per heavy atom. The first-order valence-electron chi connectivity index (χ1n) is 10.8. The summed E-state index contributed by atoms with van der Waals surface area (Å²) in [6.07, 6.45) is 8.07. The summed E-state index contributed by atoms with van der Waals surface area (Å²) in [7, 11) is 0. The van der Waals surface area contributed by atoms with Crippen molar-refractivity contribution in [2.24, 2.45) is 11.8 Å². The van der Waals surface area contributed by atoms with Gasteiger partial charge in [0.05, 0.1) is 24.0 Å². The minimum Gasteiger partial charge on any atom is -0.370 e. The number of aryl methyl sites for hydroxylation is 1.